The molecule has 0 aromatic heterocycles. The highest BCUT2D eigenvalue weighted by molar-refractivity contribution is 5.38. The molecule has 1 radical (unpaired) electrons. The molecule has 1 nitrogen and oxygen atoms in total. The SMILES string of the molecule is [CH2]c1cc(OC(F)F)cc(C(C)(C)C)c1. The third-order valence-electron chi connectivity index (χ3n) is 2.06. The molecule has 3 heteroatoms. The minimum Gasteiger partial charge on any atom is -0.435 e. The zero-order valence-corrected chi connectivity index (χ0v) is 9.18. The van der Waals surface area contributed by atoms with Crippen molar-refractivity contribution in [1.29, 1.82) is 0 Å². The van der Waals surface area contributed by atoms with Crippen molar-refractivity contribution in [2.45, 2.75) is 32.8 Å². The van der Waals surface area contributed by atoms with Crippen LogP contribution in [0.25, 0.3) is 0 Å². The first-order chi connectivity index (χ1) is 6.79. The van der Waals surface area contributed by atoms with Crippen molar-refractivity contribution in [1.82, 2.24) is 0 Å². The Bertz CT molecular complexity index is 340. The van der Waals surface area contributed by atoms with Gasteiger partial charge in [0, 0.05) is 0 Å². The van der Waals surface area contributed by atoms with Crippen LogP contribution in [0.1, 0.15) is 31.9 Å². The Morgan fingerprint density at radius 3 is 2.27 bits per heavy atom. The number of rotatable bonds is 2. The van der Waals surface area contributed by atoms with Gasteiger partial charge in [-0.3, -0.25) is 0 Å². The monoisotopic (exact) mass is 213 g/mol. The summed E-state index contributed by atoms with van der Waals surface area (Å²) < 4.78 is 28.4. The topological polar surface area (TPSA) is 9.23 Å². The Balaban J connectivity index is 3.06. The van der Waals surface area contributed by atoms with Gasteiger partial charge >= 0.3 is 6.61 Å². The molecule has 0 bridgehead atoms. The summed E-state index contributed by atoms with van der Waals surface area (Å²) >= 11 is 0. The fourth-order valence-electron chi connectivity index (χ4n) is 1.26. The first-order valence-corrected chi connectivity index (χ1v) is 4.71. The quantitative estimate of drug-likeness (QED) is 0.726. The zero-order valence-electron chi connectivity index (χ0n) is 9.18. The Hall–Kier alpha value is -1.12. The molecule has 0 saturated carbocycles. The first kappa shape index (κ1) is 12.0. The van der Waals surface area contributed by atoms with E-state index in [2.05, 4.69) is 11.7 Å². The van der Waals surface area contributed by atoms with Crippen LogP contribution in [0.3, 0.4) is 0 Å². The summed E-state index contributed by atoms with van der Waals surface area (Å²) in [6.45, 7) is 6.97. The van der Waals surface area contributed by atoms with Gasteiger partial charge in [-0.25, -0.2) is 0 Å². The second kappa shape index (κ2) is 4.17. The molecule has 15 heavy (non-hydrogen) atoms. The largest absolute Gasteiger partial charge is 0.435 e. The van der Waals surface area contributed by atoms with E-state index in [4.69, 9.17) is 0 Å². The summed E-state index contributed by atoms with van der Waals surface area (Å²) in [5, 5.41) is 0. The number of benzene rings is 1. The molecule has 0 saturated heterocycles. The zero-order chi connectivity index (χ0) is 11.6. The summed E-state index contributed by atoms with van der Waals surface area (Å²) in [7, 11) is 0. The molecule has 0 heterocycles. The molecule has 83 valence electrons. The molecule has 0 atom stereocenters. The predicted octanol–water partition coefficient (Wildman–Crippen LogP) is 3.77. The molecule has 0 aliphatic rings. The average molecular weight is 213 g/mol. The summed E-state index contributed by atoms with van der Waals surface area (Å²) in [5.41, 5.74) is 1.51. The van der Waals surface area contributed by atoms with Crippen molar-refractivity contribution < 1.29 is 13.5 Å². The van der Waals surface area contributed by atoms with Crippen molar-refractivity contribution in [2.24, 2.45) is 0 Å². The maximum atomic E-state index is 12.0. The third kappa shape index (κ3) is 3.50. The van der Waals surface area contributed by atoms with Crippen molar-refractivity contribution in [3.63, 3.8) is 0 Å². The van der Waals surface area contributed by atoms with Gasteiger partial charge in [-0.1, -0.05) is 26.8 Å². The van der Waals surface area contributed by atoms with Crippen LogP contribution in [-0.4, -0.2) is 6.61 Å². The van der Waals surface area contributed by atoms with Crippen LogP contribution in [-0.2, 0) is 5.41 Å². The lowest BCUT2D eigenvalue weighted by atomic mass is 9.86. The molecule has 0 aliphatic carbocycles. The van der Waals surface area contributed by atoms with E-state index < -0.39 is 6.61 Å². The lowest BCUT2D eigenvalue weighted by Crippen LogP contribution is -2.12. The van der Waals surface area contributed by atoms with Crippen LogP contribution < -0.4 is 4.74 Å². The lowest BCUT2D eigenvalue weighted by molar-refractivity contribution is -0.0499. The summed E-state index contributed by atoms with van der Waals surface area (Å²) in [4.78, 5) is 0. The predicted molar refractivity (Wildman–Crippen MR) is 56.2 cm³/mol. The first-order valence-electron chi connectivity index (χ1n) is 4.71. The van der Waals surface area contributed by atoms with Crippen molar-refractivity contribution in [3.8, 4) is 5.75 Å². The standard InChI is InChI=1S/C12H15F2O/c1-8-5-9(12(2,3)4)7-10(6-8)15-11(13)14/h5-7,11H,1H2,2-4H3. The summed E-state index contributed by atoms with van der Waals surface area (Å²) in [6, 6.07) is 5.00. The van der Waals surface area contributed by atoms with Crippen LogP contribution >= 0.6 is 0 Å². The lowest BCUT2D eigenvalue weighted by Gasteiger charge is -2.20. The van der Waals surface area contributed by atoms with E-state index in [1.165, 1.54) is 6.07 Å². The average Bonchev–Trinajstić information content (AvgIpc) is 1.99. The highest BCUT2D eigenvalue weighted by Gasteiger charge is 2.16. The van der Waals surface area contributed by atoms with Gasteiger partial charge in [0.15, 0.2) is 0 Å². The van der Waals surface area contributed by atoms with E-state index in [1.807, 2.05) is 26.8 Å². The molecule has 0 aliphatic heterocycles. The number of ether oxygens (including phenoxy) is 1. The van der Waals surface area contributed by atoms with Crippen LogP contribution in [0.4, 0.5) is 8.78 Å². The van der Waals surface area contributed by atoms with Gasteiger partial charge in [0.25, 0.3) is 0 Å². The Morgan fingerprint density at radius 1 is 1.20 bits per heavy atom. The van der Waals surface area contributed by atoms with Gasteiger partial charge in [-0.2, -0.15) is 8.78 Å². The van der Waals surface area contributed by atoms with Crippen LogP contribution in [0.15, 0.2) is 18.2 Å². The van der Waals surface area contributed by atoms with Gasteiger partial charge in [0.2, 0.25) is 0 Å². The van der Waals surface area contributed by atoms with E-state index in [1.54, 1.807) is 6.07 Å². The van der Waals surface area contributed by atoms with Crippen LogP contribution in [0.2, 0.25) is 0 Å². The second-order valence-corrected chi connectivity index (χ2v) is 4.49. The number of alkyl halides is 2. The van der Waals surface area contributed by atoms with Crippen LogP contribution in [0, 0.1) is 6.92 Å². The Labute approximate surface area is 89.1 Å². The molecule has 1 rings (SSSR count). The minimum atomic E-state index is -2.79. The highest BCUT2D eigenvalue weighted by Crippen LogP contribution is 2.28. The molecular weight excluding hydrogens is 198 g/mol. The molecule has 0 N–H and O–H groups in total. The Morgan fingerprint density at radius 2 is 1.80 bits per heavy atom. The van der Waals surface area contributed by atoms with Crippen molar-refractivity contribution in [2.75, 3.05) is 0 Å². The smallest absolute Gasteiger partial charge is 0.387 e. The van der Waals surface area contributed by atoms with Gasteiger partial charge in [-0.15, -0.1) is 0 Å². The third-order valence-corrected chi connectivity index (χ3v) is 2.06. The normalized spacial score (nSPS) is 11.9. The molecule has 0 amide bonds. The summed E-state index contributed by atoms with van der Waals surface area (Å²) in [6.07, 6.45) is 0. The minimum absolute atomic E-state index is 0.103. The van der Waals surface area contributed by atoms with Crippen LogP contribution in [0.5, 0.6) is 5.75 Å². The van der Waals surface area contributed by atoms with E-state index in [0.29, 0.717) is 5.56 Å². The second-order valence-electron chi connectivity index (χ2n) is 4.49. The van der Waals surface area contributed by atoms with Gasteiger partial charge < -0.3 is 4.74 Å². The Kier molecular flexibility index (Phi) is 3.32. The van der Waals surface area contributed by atoms with Gasteiger partial charge in [0.05, 0.1) is 0 Å². The van der Waals surface area contributed by atoms with Gasteiger partial charge in [-0.05, 0) is 35.6 Å². The number of hydrogen-bond donors (Lipinski definition) is 0. The maximum Gasteiger partial charge on any atom is 0.387 e. The van der Waals surface area contributed by atoms with E-state index in [0.717, 1.165) is 5.56 Å². The fourth-order valence-corrected chi connectivity index (χ4v) is 1.26. The molecular formula is C12H15F2O. The number of hydrogen-bond acceptors (Lipinski definition) is 1. The van der Waals surface area contributed by atoms with E-state index in [-0.39, 0.29) is 11.2 Å². The maximum absolute atomic E-state index is 12.0. The van der Waals surface area contributed by atoms with Crippen molar-refractivity contribution in [3.05, 3.63) is 36.2 Å². The van der Waals surface area contributed by atoms with Crippen molar-refractivity contribution >= 4 is 0 Å². The number of halogens is 2. The van der Waals surface area contributed by atoms with E-state index in [9.17, 15) is 8.78 Å². The van der Waals surface area contributed by atoms with E-state index >= 15 is 0 Å². The fraction of sp³-hybridized carbons (Fsp3) is 0.417. The van der Waals surface area contributed by atoms with Gasteiger partial charge in [0.1, 0.15) is 5.75 Å². The molecule has 0 unspecified atom stereocenters. The summed E-state index contributed by atoms with van der Waals surface area (Å²) in [5.74, 6) is 0.169. The highest BCUT2D eigenvalue weighted by atomic mass is 19.3. The molecule has 1 aromatic rings. The molecule has 0 fully saturated rings. The molecule has 0 spiro atoms. The molecule has 1 aromatic carbocycles.